The Morgan fingerprint density at radius 2 is 1.15 bits per heavy atom. The van der Waals surface area contributed by atoms with Crippen LogP contribution in [-0.4, -0.2) is 19.0 Å². The Kier molecular flexibility index (Phi) is 16.1. The monoisotopic (exact) mass is 547 g/mol. The summed E-state index contributed by atoms with van der Waals surface area (Å²) in [5.74, 6) is 0.300. The summed E-state index contributed by atoms with van der Waals surface area (Å²) in [7, 11) is 0. The summed E-state index contributed by atoms with van der Waals surface area (Å²) in [6, 6.07) is 12.8. The number of unbranched alkanes of at least 4 members (excludes halogenated alkanes) is 11. The van der Waals surface area contributed by atoms with Crippen molar-refractivity contribution in [2.45, 2.75) is 131 Å². The topological polar surface area (TPSA) is 43.1 Å². The maximum Gasteiger partial charge on any atom is 0.323 e. The van der Waals surface area contributed by atoms with Crippen molar-refractivity contribution in [1.82, 2.24) is 4.48 Å². The van der Waals surface area contributed by atoms with Gasteiger partial charge >= 0.3 is 5.91 Å². The minimum Gasteiger partial charge on any atom is -0.330 e. The Bertz CT molecular complexity index is 987. The Morgan fingerprint density at radius 3 is 1.65 bits per heavy atom. The number of rotatable bonds is 20. The molecule has 2 rings (SSSR count). The number of nitrogens with zero attached hydrogens (tertiary/aromatic N) is 1. The summed E-state index contributed by atoms with van der Waals surface area (Å²) >= 11 is 0. The number of benzene rings is 2. The summed E-state index contributed by atoms with van der Waals surface area (Å²) in [6.07, 6.45) is 22.6. The molecule has 0 heterocycles. The van der Waals surface area contributed by atoms with Crippen LogP contribution in [0.15, 0.2) is 48.6 Å². The number of aryl methyl sites for hydroxylation is 2. The third-order valence-electron chi connectivity index (χ3n) is 8.75. The van der Waals surface area contributed by atoms with Gasteiger partial charge in [0.15, 0.2) is 0 Å². The lowest BCUT2D eigenvalue weighted by atomic mass is 9.98. The van der Waals surface area contributed by atoms with Gasteiger partial charge in [0.25, 0.3) is 0 Å². The zero-order valence-electron chi connectivity index (χ0n) is 26.6. The first-order valence-corrected chi connectivity index (χ1v) is 16.3. The molecule has 0 aromatic heterocycles. The number of hydrogen-bond acceptors (Lipinski definition) is 2. The molecule has 2 aromatic rings. The van der Waals surface area contributed by atoms with Gasteiger partial charge < -0.3 is 5.73 Å². The first-order valence-electron chi connectivity index (χ1n) is 16.3. The van der Waals surface area contributed by atoms with E-state index in [2.05, 4.69) is 83.2 Å². The molecule has 0 spiro atoms. The second-order valence-electron chi connectivity index (χ2n) is 11.8. The van der Waals surface area contributed by atoms with E-state index in [-0.39, 0.29) is 4.48 Å². The van der Waals surface area contributed by atoms with E-state index in [9.17, 15) is 4.79 Å². The predicted molar refractivity (Wildman–Crippen MR) is 176 cm³/mol. The lowest BCUT2D eigenvalue weighted by molar-refractivity contribution is -0.127. The third-order valence-corrected chi connectivity index (χ3v) is 8.75. The average Bonchev–Trinajstić information content (AvgIpc) is 2.95. The molecule has 0 aliphatic carbocycles. The van der Waals surface area contributed by atoms with E-state index in [1.54, 1.807) is 0 Å². The van der Waals surface area contributed by atoms with Crippen LogP contribution >= 0.6 is 0 Å². The van der Waals surface area contributed by atoms with Crippen molar-refractivity contribution < 1.29 is 4.79 Å². The van der Waals surface area contributed by atoms with Crippen LogP contribution in [0.1, 0.15) is 125 Å². The van der Waals surface area contributed by atoms with Crippen molar-refractivity contribution >= 4 is 17.3 Å². The molecule has 0 radical (unpaired) electrons. The molecule has 222 valence electrons. The van der Waals surface area contributed by atoms with Gasteiger partial charge in [0.05, 0.1) is 13.0 Å². The minimum absolute atomic E-state index is 0.279. The van der Waals surface area contributed by atoms with Crippen molar-refractivity contribution in [2.75, 3.05) is 13.1 Å². The predicted octanol–water partition coefficient (Wildman–Crippen LogP) is 10.5. The first-order chi connectivity index (χ1) is 19.4. The number of quaternary nitrogens is 1. The van der Waals surface area contributed by atoms with Gasteiger partial charge in [0.1, 0.15) is 11.4 Å². The Labute approximate surface area is 246 Å². The molecule has 40 heavy (non-hydrogen) atoms. The van der Waals surface area contributed by atoms with Gasteiger partial charge in [-0.15, -0.1) is 0 Å². The van der Waals surface area contributed by atoms with Crippen LogP contribution < -0.4 is 10.2 Å². The Morgan fingerprint density at radius 1 is 0.675 bits per heavy atom. The molecule has 0 fully saturated rings. The van der Waals surface area contributed by atoms with Gasteiger partial charge in [-0.1, -0.05) is 94.7 Å². The summed E-state index contributed by atoms with van der Waals surface area (Å²) in [5.41, 5.74) is 13.1. The smallest absolute Gasteiger partial charge is 0.323 e. The molecule has 0 atom stereocenters. The fourth-order valence-corrected chi connectivity index (χ4v) is 5.93. The van der Waals surface area contributed by atoms with Crippen LogP contribution in [0.4, 0.5) is 11.4 Å². The number of carbonyl (C=O) groups excluding carboxylic acids is 1. The molecular weight excluding hydrogens is 488 g/mol. The lowest BCUT2D eigenvalue weighted by Crippen LogP contribution is -2.52. The third kappa shape index (κ3) is 10.00. The molecule has 3 nitrogen and oxygen atoms in total. The maximum atomic E-state index is 14.4. The minimum atomic E-state index is 0.279. The molecule has 0 aliphatic rings. The van der Waals surface area contributed by atoms with Crippen molar-refractivity contribution in [3.63, 3.8) is 0 Å². The van der Waals surface area contributed by atoms with Crippen molar-refractivity contribution in [3.05, 3.63) is 70.8 Å². The van der Waals surface area contributed by atoms with E-state index < -0.39 is 0 Å². The summed E-state index contributed by atoms with van der Waals surface area (Å²) in [6.45, 7) is 12.2. The molecule has 0 bridgehead atoms. The lowest BCUT2D eigenvalue weighted by Gasteiger charge is -2.38. The molecule has 2 aromatic carbocycles. The summed E-state index contributed by atoms with van der Waals surface area (Å²) in [5, 5.41) is 0. The van der Waals surface area contributed by atoms with E-state index in [1.165, 1.54) is 92.9 Å². The average molecular weight is 548 g/mol. The Balaban J connectivity index is 1.97. The van der Waals surface area contributed by atoms with Crippen LogP contribution in [0.2, 0.25) is 0 Å². The highest BCUT2D eigenvalue weighted by molar-refractivity contribution is 5.96. The standard InChI is InChI=1S/C37H59N2O/c1-6-7-8-9-10-11-12-13-14-15-16-17-18-19-20-28-37(40)39(30-23-29-38,35-26-21-24-31(2)33(35)4)36-27-22-25-32(3)34(36)5/h13-14,21-22,24-27H,6-12,15-20,23,28-30,38H2,1-5H3/q+1/b14-13-. The molecular formula is C37H59N2O+. The molecule has 1 amide bonds. The number of amides is 1. The normalized spacial score (nSPS) is 11.9. The highest BCUT2D eigenvalue weighted by Crippen LogP contribution is 2.42. The van der Waals surface area contributed by atoms with E-state index in [0.29, 0.717) is 25.4 Å². The number of nitrogens with two attached hydrogens (primary N) is 1. The van der Waals surface area contributed by atoms with Crippen LogP contribution in [0.3, 0.4) is 0 Å². The van der Waals surface area contributed by atoms with Gasteiger partial charge in [-0.3, -0.25) is 0 Å². The van der Waals surface area contributed by atoms with Gasteiger partial charge in [-0.25, -0.2) is 4.79 Å². The van der Waals surface area contributed by atoms with Crippen LogP contribution in [-0.2, 0) is 4.79 Å². The van der Waals surface area contributed by atoms with Crippen molar-refractivity contribution in [3.8, 4) is 0 Å². The Hall–Kier alpha value is -2.23. The largest absolute Gasteiger partial charge is 0.330 e. The van der Waals surface area contributed by atoms with Crippen molar-refractivity contribution in [1.29, 1.82) is 0 Å². The van der Waals surface area contributed by atoms with Gasteiger partial charge in [-0.2, -0.15) is 4.48 Å². The fourth-order valence-electron chi connectivity index (χ4n) is 5.93. The maximum absolute atomic E-state index is 14.4. The molecule has 3 heteroatoms. The number of hydrogen-bond donors (Lipinski definition) is 1. The number of carbonyl (C=O) groups is 1. The van der Waals surface area contributed by atoms with Gasteiger partial charge in [0.2, 0.25) is 0 Å². The van der Waals surface area contributed by atoms with E-state index >= 15 is 0 Å². The highest BCUT2D eigenvalue weighted by atomic mass is 16.2. The molecule has 0 saturated heterocycles. The molecule has 0 aliphatic heterocycles. The molecule has 0 unspecified atom stereocenters. The van der Waals surface area contributed by atoms with Gasteiger partial charge in [0, 0.05) is 29.7 Å². The van der Waals surface area contributed by atoms with E-state index in [4.69, 9.17) is 5.73 Å². The number of allylic oxidation sites excluding steroid dienone is 2. The zero-order chi connectivity index (χ0) is 29.2. The van der Waals surface area contributed by atoms with Crippen LogP contribution in [0.25, 0.3) is 0 Å². The van der Waals surface area contributed by atoms with Crippen molar-refractivity contribution in [2.24, 2.45) is 5.73 Å². The molecule has 2 N–H and O–H groups in total. The second kappa shape index (κ2) is 19.0. The first kappa shape index (κ1) is 34.0. The molecule has 0 saturated carbocycles. The summed E-state index contributed by atoms with van der Waals surface area (Å²) < 4.78 is 0.279. The SMILES string of the molecule is CCCCCCCC/C=C\CCCCCCCC(=O)[N+](CCCN)(c1cccc(C)c1C)c1cccc(C)c1C. The van der Waals surface area contributed by atoms with E-state index in [1.807, 2.05) is 0 Å². The van der Waals surface area contributed by atoms with E-state index in [0.717, 1.165) is 30.6 Å². The van der Waals surface area contributed by atoms with Crippen LogP contribution in [0.5, 0.6) is 0 Å². The second-order valence-corrected chi connectivity index (χ2v) is 11.8. The van der Waals surface area contributed by atoms with Crippen LogP contribution in [0, 0.1) is 27.7 Å². The highest BCUT2D eigenvalue weighted by Gasteiger charge is 2.43. The fraction of sp³-hybridized carbons (Fsp3) is 0.595. The summed E-state index contributed by atoms with van der Waals surface area (Å²) in [4.78, 5) is 14.4. The quantitative estimate of drug-likeness (QED) is 0.102. The zero-order valence-corrected chi connectivity index (χ0v) is 26.6. The van der Waals surface area contributed by atoms with Gasteiger partial charge in [-0.05, 0) is 77.5 Å².